The smallest absolute Gasteiger partial charge is 0.221 e. The molecule has 0 aliphatic carbocycles. The first kappa shape index (κ1) is 71.8. The zero-order chi connectivity index (χ0) is 53.9. The molecule has 0 bridgehead atoms. The van der Waals surface area contributed by atoms with Crippen LogP contribution in [0.4, 0.5) is 0 Å². The van der Waals surface area contributed by atoms with Crippen molar-refractivity contribution in [3.63, 3.8) is 0 Å². The number of hydrogen-bond donors (Lipinski definition) is 4. The van der Waals surface area contributed by atoms with E-state index in [-0.39, 0.29) is 23.6 Å². The lowest BCUT2D eigenvalue weighted by Gasteiger charge is -2.26. The Balaban J connectivity index is 5.16. The third kappa shape index (κ3) is 56.0. The van der Waals surface area contributed by atoms with Crippen LogP contribution in [0.2, 0.25) is 0 Å². The summed E-state index contributed by atoms with van der Waals surface area (Å²) in [6, 6.07) is 0. The fourth-order valence-electron chi connectivity index (χ4n) is 10.1. The standard InChI is InChI=1S/C64H128N6O4/c1-5-9-13-17-21-25-29-33-37-41-51-65-61(71)47-45-55-69(58-48-62(72)66-52-42-38-34-30-26-22-18-14-10-6-2)56-46-57-70(59-49-63(73)67-53-43-39-35-31-27-23-19-15-11-7-3)60-50-64(74)68-54-44-40-36-32-28-24-20-16-12-8-4/h5-60H2,1-4H3,(H,65,71)(H,66,72)(H,67,73)(H,68,74). The highest BCUT2D eigenvalue weighted by Gasteiger charge is 2.14. The monoisotopic (exact) mass is 1040 g/mol. The number of carbonyl (C=O) groups is 4. The van der Waals surface area contributed by atoms with Gasteiger partial charge in [-0.1, -0.05) is 259 Å². The van der Waals surface area contributed by atoms with Crippen molar-refractivity contribution in [1.82, 2.24) is 31.1 Å². The van der Waals surface area contributed by atoms with E-state index in [0.29, 0.717) is 45.3 Å². The predicted molar refractivity (Wildman–Crippen MR) is 320 cm³/mol. The van der Waals surface area contributed by atoms with E-state index in [9.17, 15) is 19.2 Å². The molecule has 10 heteroatoms. The molecule has 438 valence electrons. The number of hydrogen-bond acceptors (Lipinski definition) is 6. The second-order valence-electron chi connectivity index (χ2n) is 22.5. The number of unbranched alkanes of at least 4 members (excludes halogenated alkanes) is 36. The lowest BCUT2D eigenvalue weighted by atomic mass is 10.1. The summed E-state index contributed by atoms with van der Waals surface area (Å²) in [5.41, 5.74) is 0. The Morgan fingerprint density at radius 2 is 0.405 bits per heavy atom. The Hall–Kier alpha value is -2.20. The van der Waals surface area contributed by atoms with E-state index in [4.69, 9.17) is 0 Å². The van der Waals surface area contributed by atoms with Crippen LogP contribution in [0.15, 0.2) is 0 Å². The van der Waals surface area contributed by atoms with Crippen molar-refractivity contribution in [2.75, 3.05) is 65.4 Å². The summed E-state index contributed by atoms with van der Waals surface area (Å²) < 4.78 is 0. The average molecular weight is 1050 g/mol. The zero-order valence-corrected chi connectivity index (χ0v) is 50.1. The van der Waals surface area contributed by atoms with Crippen molar-refractivity contribution in [3.8, 4) is 0 Å². The van der Waals surface area contributed by atoms with Crippen LogP contribution in [0.3, 0.4) is 0 Å². The van der Waals surface area contributed by atoms with Gasteiger partial charge in [0.25, 0.3) is 0 Å². The summed E-state index contributed by atoms with van der Waals surface area (Å²) in [5, 5.41) is 12.7. The van der Waals surface area contributed by atoms with Gasteiger partial charge in [0.2, 0.25) is 23.6 Å². The molecule has 10 nitrogen and oxygen atoms in total. The van der Waals surface area contributed by atoms with Crippen LogP contribution < -0.4 is 21.3 Å². The van der Waals surface area contributed by atoms with Gasteiger partial charge in [0.05, 0.1) is 0 Å². The highest BCUT2D eigenvalue weighted by atomic mass is 16.2. The maximum absolute atomic E-state index is 13.1. The predicted octanol–water partition coefficient (Wildman–Crippen LogP) is 16.1. The maximum Gasteiger partial charge on any atom is 0.221 e. The fraction of sp³-hybridized carbons (Fsp3) is 0.938. The average Bonchev–Trinajstić information content (AvgIpc) is 3.39. The van der Waals surface area contributed by atoms with Gasteiger partial charge in [0, 0.05) is 71.5 Å². The minimum Gasteiger partial charge on any atom is -0.356 e. The molecule has 0 aromatic rings. The highest BCUT2D eigenvalue weighted by Crippen LogP contribution is 2.14. The molecular formula is C64H128N6O4. The largest absolute Gasteiger partial charge is 0.356 e. The number of nitrogens with one attached hydrogen (secondary N) is 4. The second-order valence-corrected chi connectivity index (χ2v) is 22.5. The molecule has 0 aromatic heterocycles. The van der Waals surface area contributed by atoms with Crippen LogP contribution in [-0.4, -0.2) is 98.9 Å². The Kier molecular flexibility index (Phi) is 58.3. The Bertz CT molecular complexity index is 1160. The minimum atomic E-state index is 0.0909. The lowest BCUT2D eigenvalue weighted by Crippen LogP contribution is -2.37. The van der Waals surface area contributed by atoms with Gasteiger partial charge in [-0.25, -0.2) is 0 Å². The van der Waals surface area contributed by atoms with E-state index in [2.05, 4.69) is 58.8 Å². The molecule has 0 radical (unpaired) electrons. The lowest BCUT2D eigenvalue weighted by molar-refractivity contribution is -0.122. The van der Waals surface area contributed by atoms with Gasteiger partial charge in [0.15, 0.2) is 0 Å². The van der Waals surface area contributed by atoms with E-state index >= 15 is 0 Å². The van der Waals surface area contributed by atoms with Gasteiger partial charge in [-0.05, 0) is 58.2 Å². The summed E-state index contributed by atoms with van der Waals surface area (Å²) in [4.78, 5) is 56.7. The molecule has 0 aliphatic rings. The molecule has 0 spiro atoms. The van der Waals surface area contributed by atoms with Crippen molar-refractivity contribution < 1.29 is 19.2 Å². The van der Waals surface area contributed by atoms with E-state index in [1.54, 1.807) is 0 Å². The maximum atomic E-state index is 13.1. The van der Waals surface area contributed by atoms with Crippen LogP contribution in [-0.2, 0) is 19.2 Å². The topological polar surface area (TPSA) is 123 Å². The summed E-state index contributed by atoms with van der Waals surface area (Å²) in [7, 11) is 0. The Labute approximate surface area is 460 Å². The first-order valence-corrected chi connectivity index (χ1v) is 32.9. The molecule has 4 amide bonds. The van der Waals surface area contributed by atoms with Gasteiger partial charge in [0.1, 0.15) is 0 Å². The number of carbonyl (C=O) groups excluding carboxylic acids is 4. The van der Waals surface area contributed by atoms with Gasteiger partial charge in [-0.15, -0.1) is 0 Å². The van der Waals surface area contributed by atoms with Crippen molar-refractivity contribution >= 4 is 23.6 Å². The Morgan fingerprint density at radius 3 is 0.649 bits per heavy atom. The summed E-state index contributed by atoms with van der Waals surface area (Å²) >= 11 is 0. The summed E-state index contributed by atoms with van der Waals surface area (Å²) in [6.07, 6.45) is 54.6. The molecule has 0 heterocycles. The quantitative estimate of drug-likeness (QED) is 0.0450. The summed E-state index contributed by atoms with van der Waals surface area (Å²) in [6.45, 7) is 16.3. The van der Waals surface area contributed by atoms with Crippen molar-refractivity contribution in [2.24, 2.45) is 0 Å². The van der Waals surface area contributed by atoms with Gasteiger partial charge in [-0.3, -0.25) is 19.2 Å². The SMILES string of the molecule is CCCCCCCCCCCCNC(=O)CCCN(CCCN(CCC(=O)NCCCCCCCCCCCC)CCC(=O)NCCCCCCCCCCCC)CCC(=O)NCCCCCCCCCCCC. The fourth-order valence-corrected chi connectivity index (χ4v) is 10.1. The van der Waals surface area contributed by atoms with Gasteiger partial charge >= 0.3 is 0 Å². The van der Waals surface area contributed by atoms with E-state index in [1.807, 2.05) is 0 Å². The molecule has 0 atom stereocenters. The molecule has 0 fully saturated rings. The third-order valence-electron chi connectivity index (χ3n) is 15.2. The van der Waals surface area contributed by atoms with Crippen LogP contribution in [0, 0.1) is 0 Å². The molecule has 0 saturated carbocycles. The minimum absolute atomic E-state index is 0.0909. The molecule has 0 aromatic carbocycles. The van der Waals surface area contributed by atoms with Crippen LogP contribution >= 0.6 is 0 Å². The normalized spacial score (nSPS) is 11.5. The van der Waals surface area contributed by atoms with Crippen LogP contribution in [0.5, 0.6) is 0 Å². The van der Waals surface area contributed by atoms with E-state index in [1.165, 1.54) is 218 Å². The first-order valence-electron chi connectivity index (χ1n) is 32.9. The van der Waals surface area contributed by atoms with Gasteiger partial charge < -0.3 is 31.1 Å². The first-order chi connectivity index (χ1) is 36.4. The second kappa shape index (κ2) is 60.0. The number of rotatable bonds is 61. The van der Waals surface area contributed by atoms with Crippen molar-refractivity contribution in [1.29, 1.82) is 0 Å². The highest BCUT2D eigenvalue weighted by molar-refractivity contribution is 5.77. The van der Waals surface area contributed by atoms with E-state index in [0.717, 1.165) is 97.2 Å². The molecule has 0 aliphatic heterocycles. The van der Waals surface area contributed by atoms with E-state index < -0.39 is 0 Å². The van der Waals surface area contributed by atoms with Gasteiger partial charge in [-0.2, -0.15) is 0 Å². The molecular weight excluding hydrogens is 917 g/mol. The molecule has 74 heavy (non-hydrogen) atoms. The molecule has 0 unspecified atom stereocenters. The molecule has 4 N–H and O–H groups in total. The third-order valence-corrected chi connectivity index (χ3v) is 15.2. The van der Waals surface area contributed by atoms with Crippen LogP contribution in [0.1, 0.15) is 323 Å². The van der Waals surface area contributed by atoms with Crippen molar-refractivity contribution in [2.45, 2.75) is 323 Å². The number of nitrogens with zero attached hydrogens (tertiary/aromatic N) is 2. The number of amides is 4. The Morgan fingerprint density at radius 1 is 0.216 bits per heavy atom. The van der Waals surface area contributed by atoms with Crippen LogP contribution in [0.25, 0.3) is 0 Å². The zero-order valence-electron chi connectivity index (χ0n) is 50.1. The van der Waals surface area contributed by atoms with Crippen molar-refractivity contribution in [3.05, 3.63) is 0 Å². The summed E-state index contributed by atoms with van der Waals surface area (Å²) in [5.74, 6) is 0.412. The molecule has 0 rings (SSSR count). The molecule has 0 saturated heterocycles.